The van der Waals surface area contributed by atoms with Gasteiger partial charge in [0.15, 0.2) is 0 Å². The third-order valence-electron chi connectivity index (χ3n) is 4.01. The van der Waals surface area contributed by atoms with Crippen molar-refractivity contribution < 1.29 is 14.3 Å². The van der Waals surface area contributed by atoms with Crippen LogP contribution < -0.4 is 14.8 Å². The largest absolute Gasteiger partial charge is 0.497 e. The molecule has 4 nitrogen and oxygen atoms in total. The third-order valence-corrected chi connectivity index (χ3v) is 4.01. The lowest BCUT2D eigenvalue weighted by Crippen LogP contribution is -2.15. The molecule has 0 aliphatic rings. The molecule has 2 rings (SSSR count). The lowest BCUT2D eigenvalue weighted by atomic mass is 9.96. The van der Waals surface area contributed by atoms with Gasteiger partial charge < -0.3 is 14.8 Å². The van der Waals surface area contributed by atoms with Crippen molar-refractivity contribution >= 4 is 11.6 Å². The van der Waals surface area contributed by atoms with Crippen molar-refractivity contribution in [2.45, 2.75) is 26.2 Å². The van der Waals surface area contributed by atoms with Crippen molar-refractivity contribution in [3.63, 3.8) is 0 Å². The van der Waals surface area contributed by atoms with E-state index >= 15 is 0 Å². The first-order valence-corrected chi connectivity index (χ1v) is 7.73. The van der Waals surface area contributed by atoms with E-state index < -0.39 is 0 Å². The van der Waals surface area contributed by atoms with Crippen LogP contribution in [0.2, 0.25) is 0 Å². The van der Waals surface area contributed by atoms with Crippen LogP contribution in [0.1, 0.15) is 42.1 Å². The number of para-hydroxylation sites is 1. The molecule has 0 aromatic heterocycles. The van der Waals surface area contributed by atoms with Gasteiger partial charge in [-0.1, -0.05) is 32.0 Å². The van der Waals surface area contributed by atoms with E-state index in [1.54, 1.807) is 32.4 Å². The van der Waals surface area contributed by atoms with Gasteiger partial charge in [-0.2, -0.15) is 0 Å². The molecular weight excluding hydrogens is 290 g/mol. The van der Waals surface area contributed by atoms with E-state index in [0.29, 0.717) is 23.0 Å². The van der Waals surface area contributed by atoms with E-state index in [2.05, 4.69) is 25.2 Å². The van der Waals surface area contributed by atoms with E-state index in [0.717, 1.165) is 17.7 Å². The molecule has 2 aromatic rings. The molecule has 0 bridgehead atoms. The number of methoxy groups -OCH3 is 2. The quantitative estimate of drug-likeness (QED) is 0.856. The van der Waals surface area contributed by atoms with Crippen LogP contribution in [-0.4, -0.2) is 20.1 Å². The van der Waals surface area contributed by atoms with Gasteiger partial charge in [0.05, 0.1) is 19.8 Å². The van der Waals surface area contributed by atoms with Gasteiger partial charge in [-0.05, 0) is 36.1 Å². The normalized spacial score (nSPS) is 11.7. The van der Waals surface area contributed by atoms with Gasteiger partial charge in [0.2, 0.25) is 0 Å². The number of nitrogens with one attached hydrogen (secondary N) is 1. The Morgan fingerprint density at radius 3 is 2.52 bits per heavy atom. The Morgan fingerprint density at radius 1 is 1.13 bits per heavy atom. The van der Waals surface area contributed by atoms with Gasteiger partial charge in [-0.3, -0.25) is 4.79 Å². The summed E-state index contributed by atoms with van der Waals surface area (Å²) in [5.41, 5.74) is 2.45. The number of anilines is 1. The minimum Gasteiger partial charge on any atom is -0.497 e. The predicted molar refractivity (Wildman–Crippen MR) is 92.6 cm³/mol. The topological polar surface area (TPSA) is 47.6 Å². The number of amides is 1. The molecule has 0 radical (unpaired) electrons. The SMILES string of the molecule is CCC(C)c1ccccc1NC(=O)c1ccc(OC)cc1OC. The third kappa shape index (κ3) is 3.83. The predicted octanol–water partition coefficient (Wildman–Crippen LogP) is 4.47. The maximum atomic E-state index is 12.6. The monoisotopic (exact) mass is 313 g/mol. The van der Waals surface area contributed by atoms with Crippen LogP contribution in [0.5, 0.6) is 11.5 Å². The summed E-state index contributed by atoms with van der Waals surface area (Å²) in [6, 6.07) is 13.1. The molecule has 0 aliphatic heterocycles. The van der Waals surface area contributed by atoms with E-state index in [9.17, 15) is 4.79 Å². The average Bonchev–Trinajstić information content (AvgIpc) is 2.60. The number of rotatable bonds is 6. The average molecular weight is 313 g/mol. The maximum Gasteiger partial charge on any atom is 0.259 e. The highest BCUT2D eigenvalue weighted by Gasteiger charge is 2.16. The number of carbonyl (C=O) groups excluding carboxylic acids is 1. The number of hydrogen-bond donors (Lipinski definition) is 1. The van der Waals surface area contributed by atoms with Gasteiger partial charge in [-0.25, -0.2) is 0 Å². The highest BCUT2D eigenvalue weighted by Crippen LogP contribution is 2.29. The van der Waals surface area contributed by atoms with Crippen LogP contribution in [0, 0.1) is 0 Å². The molecule has 4 heteroatoms. The molecule has 1 amide bonds. The number of benzene rings is 2. The summed E-state index contributed by atoms with van der Waals surface area (Å²) in [4.78, 5) is 12.6. The molecular formula is C19H23NO3. The fraction of sp³-hybridized carbons (Fsp3) is 0.316. The highest BCUT2D eigenvalue weighted by atomic mass is 16.5. The second-order valence-corrected chi connectivity index (χ2v) is 5.42. The number of carbonyl (C=O) groups is 1. The molecule has 0 heterocycles. The van der Waals surface area contributed by atoms with Crippen LogP contribution >= 0.6 is 0 Å². The number of ether oxygens (including phenoxy) is 2. The molecule has 0 aliphatic carbocycles. The first kappa shape index (κ1) is 16.9. The van der Waals surface area contributed by atoms with Crippen LogP contribution in [0.25, 0.3) is 0 Å². The Morgan fingerprint density at radius 2 is 1.87 bits per heavy atom. The number of hydrogen-bond acceptors (Lipinski definition) is 3. The molecule has 23 heavy (non-hydrogen) atoms. The fourth-order valence-corrected chi connectivity index (χ4v) is 2.44. The van der Waals surface area contributed by atoms with Crippen molar-refractivity contribution in [3.8, 4) is 11.5 Å². The zero-order valence-corrected chi connectivity index (χ0v) is 14.1. The molecule has 0 fully saturated rings. The Balaban J connectivity index is 2.30. The summed E-state index contributed by atoms with van der Waals surface area (Å²) < 4.78 is 10.5. The lowest BCUT2D eigenvalue weighted by Gasteiger charge is -2.16. The van der Waals surface area contributed by atoms with Crippen molar-refractivity contribution in [2.24, 2.45) is 0 Å². The van der Waals surface area contributed by atoms with Gasteiger partial charge in [0, 0.05) is 11.8 Å². The van der Waals surface area contributed by atoms with E-state index in [-0.39, 0.29) is 5.91 Å². The van der Waals surface area contributed by atoms with Crippen LogP contribution in [0.4, 0.5) is 5.69 Å². The van der Waals surface area contributed by atoms with Crippen LogP contribution in [-0.2, 0) is 0 Å². The second-order valence-electron chi connectivity index (χ2n) is 5.42. The van der Waals surface area contributed by atoms with Gasteiger partial charge in [-0.15, -0.1) is 0 Å². The van der Waals surface area contributed by atoms with E-state index in [4.69, 9.17) is 9.47 Å². The molecule has 2 aromatic carbocycles. The Bertz CT molecular complexity index is 682. The molecule has 122 valence electrons. The zero-order chi connectivity index (χ0) is 16.8. The van der Waals surface area contributed by atoms with E-state index in [1.807, 2.05) is 18.2 Å². The summed E-state index contributed by atoms with van der Waals surface area (Å²) in [6.07, 6.45) is 1.01. The lowest BCUT2D eigenvalue weighted by molar-refractivity contribution is 0.102. The van der Waals surface area contributed by atoms with Crippen molar-refractivity contribution in [3.05, 3.63) is 53.6 Å². The Kier molecular flexibility index (Phi) is 5.63. The minimum atomic E-state index is -0.194. The zero-order valence-electron chi connectivity index (χ0n) is 14.1. The molecule has 0 saturated heterocycles. The molecule has 1 N–H and O–H groups in total. The standard InChI is InChI=1S/C19H23NO3/c1-5-13(2)15-8-6-7-9-17(15)20-19(21)16-11-10-14(22-3)12-18(16)23-4/h6-13H,5H2,1-4H3,(H,20,21). The summed E-state index contributed by atoms with van der Waals surface area (Å²) in [5, 5.41) is 2.99. The molecule has 0 saturated carbocycles. The maximum absolute atomic E-state index is 12.6. The summed E-state index contributed by atoms with van der Waals surface area (Å²) in [6.45, 7) is 4.29. The smallest absolute Gasteiger partial charge is 0.259 e. The second kappa shape index (κ2) is 7.68. The van der Waals surface area contributed by atoms with Gasteiger partial charge in [0.25, 0.3) is 5.91 Å². The summed E-state index contributed by atoms with van der Waals surface area (Å²) in [5.74, 6) is 1.32. The first-order valence-electron chi connectivity index (χ1n) is 7.73. The first-order chi connectivity index (χ1) is 11.1. The van der Waals surface area contributed by atoms with Crippen molar-refractivity contribution in [1.29, 1.82) is 0 Å². The summed E-state index contributed by atoms with van der Waals surface area (Å²) >= 11 is 0. The molecule has 1 unspecified atom stereocenters. The Labute approximate surface area is 137 Å². The van der Waals surface area contributed by atoms with Crippen molar-refractivity contribution in [1.82, 2.24) is 0 Å². The highest BCUT2D eigenvalue weighted by molar-refractivity contribution is 6.06. The van der Waals surface area contributed by atoms with Gasteiger partial charge in [0.1, 0.15) is 11.5 Å². The fourth-order valence-electron chi connectivity index (χ4n) is 2.44. The molecule has 0 spiro atoms. The van der Waals surface area contributed by atoms with Crippen LogP contribution in [0.3, 0.4) is 0 Å². The van der Waals surface area contributed by atoms with Crippen molar-refractivity contribution in [2.75, 3.05) is 19.5 Å². The summed E-state index contributed by atoms with van der Waals surface area (Å²) in [7, 11) is 3.12. The Hall–Kier alpha value is -2.49. The molecule has 1 atom stereocenters. The minimum absolute atomic E-state index is 0.194. The van der Waals surface area contributed by atoms with Gasteiger partial charge >= 0.3 is 0 Å². The van der Waals surface area contributed by atoms with Crippen LogP contribution in [0.15, 0.2) is 42.5 Å². The van der Waals surface area contributed by atoms with E-state index in [1.165, 1.54) is 0 Å².